The molecular formula is C13H16N4. The van der Waals surface area contributed by atoms with Crippen LogP contribution in [-0.4, -0.2) is 21.5 Å². The Hall–Kier alpha value is -1.68. The van der Waals surface area contributed by atoms with E-state index >= 15 is 0 Å². The normalized spacial score (nSPS) is 15.1. The molecule has 4 heteroatoms. The number of hydrogen-bond acceptors (Lipinski definition) is 3. The molecule has 1 aromatic carbocycles. The van der Waals surface area contributed by atoms with Gasteiger partial charge in [-0.3, -0.25) is 4.68 Å². The lowest BCUT2D eigenvalue weighted by atomic mass is 10.1. The first-order valence-corrected chi connectivity index (χ1v) is 6.07. The predicted molar refractivity (Wildman–Crippen MR) is 66.5 cm³/mol. The lowest BCUT2D eigenvalue weighted by Crippen LogP contribution is -2.10. The van der Waals surface area contributed by atoms with Gasteiger partial charge in [-0.15, -0.1) is 5.10 Å². The second-order valence-electron chi connectivity index (χ2n) is 4.56. The van der Waals surface area contributed by atoms with Crippen molar-refractivity contribution in [1.29, 1.82) is 0 Å². The maximum atomic E-state index is 5.49. The van der Waals surface area contributed by atoms with Crippen LogP contribution in [0.4, 0.5) is 0 Å². The van der Waals surface area contributed by atoms with E-state index in [2.05, 4.69) is 34.6 Å². The number of hydrogen-bond donors (Lipinski definition) is 1. The van der Waals surface area contributed by atoms with Crippen LogP contribution in [0.25, 0.3) is 11.3 Å². The minimum absolute atomic E-state index is 0.588. The van der Waals surface area contributed by atoms with Gasteiger partial charge < -0.3 is 5.73 Å². The fourth-order valence-corrected chi connectivity index (χ4v) is 2.04. The van der Waals surface area contributed by atoms with Crippen molar-refractivity contribution in [3.63, 3.8) is 0 Å². The Bertz CT molecular complexity index is 514. The molecule has 4 nitrogen and oxygen atoms in total. The van der Waals surface area contributed by atoms with Crippen LogP contribution in [0.1, 0.15) is 24.3 Å². The Morgan fingerprint density at radius 1 is 1.35 bits per heavy atom. The average molecular weight is 228 g/mol. The fraction of sp³-hybridized carbons (Fsp3) is 0.385. The van der Waals surface area contributed by atoms with Crippen molar-refractivity contribution >= 4 is 0 Å². The zero-order valence-corrected chi connectivity index (χ0v) is 9.71. The molecule has 1 aliphatic rings. The highest BCUT2D eigenvalue weighted by molar-refractivity contribution is 5.59. The Balaban J connectivity index is 1.88. The van der Waals surface area contributed by atoms with Gasteiger partial charge >= 0.3 is 0 Å². The predicted octanol–water partition coefficient (Wildman–Crippen LogP) is 1.78. The van der Waals surface area contributed by atoms with Crippen LogP contribution in [0.5, 0.6) is 0 Å². The molecule has 0 radical (unpaired) electrons. The largest absolute Gasteiger partial charge is 0.329 e. The molecule has 0 atom stereocenters. The zero-order valence-electron chi connectivity index (χ0n) is 9.71. The van der Waals surface area contributed by atoms with E-state index in [1.54, 1.807) is 4.68 Å². The highest BCUT2D eigenvalue weighted by Crippen LogP contribution is 2.40. The topological polar surface area (TPSA) is 56.7 Å². The Kier molecular flexibility index (Phi) is 2.65. The second-order valence-corrected chi connectivity index (χ2v) is 4.56. The van der Waals surface area contributed by atoms with Crippen molar-refractivity contribution in [2.24, 2.45) is 5.73 Å². The highest BCUT2D eigenvalue weighted by atomic mass is 15.4. The molecule has 2 aromatic rings. The standard InChI is InChI=1S/C13H16N4/c14-6-7-17-9-13(15-16-17)12-3-1-2-11(8-12)10-4-5-10/h1-3,8-10H,4-7,14H2. The molecule has 0 aliphatic heterocycles. The van der Waals surface area contributed by atoms with Gasteiger partial charge in [-0.2, -0.15) is 0 Å². The summed E-state index contributed by atoms with van der Waals surface area (Å²) in [5.74, 6) is 0.772. The molecule has 88 valence electrons. The van der Waals surface area contributed by atoms with Crippen LogP contribution in [0.2, 0.25) is 0 Å². The van der Waals surface area contributed by atoms with Crippen LogP contribution in [0.15, 0.2) is 30.5 Å². The molecule has 1 fully saturated rings. The number of benzene rings is 1. The van der Waals surface area contributed by atoms with Crippen molar-refractivity contribution in [2.45, 2.75) is 25.3 Å². The molecule has 1 heterocycles. The Labute approximate surface area is 100 Å². The SMILES string of the molecule is NCCn1cc(-c2cccc(C3CC3)c2)nn1. The van der Waals surface area contributed by atoms with Gasteiger partial charge in [-0.1, -0.05) is 23.4 Å². The Morgan fingerprint density at radius 2 is 2.24 bits per heavy atom. The molecule has 3 rings (SSSR count). The summed E-state index contributed by atoms with van der Waals surface area (Å²) < 4.78 is 1.79. The monoisotopic (exact) mass is 228 g/mol. The summed E-state index contributed by atoms with van der Waals surface area (Å²) in [6, 6.07) is 8.62. The zero-order chi connectivity index (χ0) is 11.7. The van der Waals surface area contributed by atoms with E-state index in [-0.39, 0.29) is 0 Å². The first kappa shape index (κ1) is 10.5. The lowest BCUT2D eigenvalue weighted by Gasteiger charge is -2.00. The van der Waals surface area contributed by atoms with Crippen molar-refractivity contribution in [1.82, 2.24) is 15.0 Å². The maximum Gasteiger partial charge on any atom is 0.113 e. The van der Waals surface area contributed by atoms with Gasteiger partial charge in [0.15, 0.2) is 0 Å². The van der Waals surface area contributed by atoms with Gasteiger partial charge in [0.2, 0.25) is 0 Å². The van der Waals surface area contributed by atoms with Gasteiger partial charge in [0.25, 0.3) is 0 Å². The number of nitrogens with two attached hydrogens (primary N) is 1. The van der Waals surface area contributed by atoms with Gasteiger partial charge in [-0.05, 0) is 30.4 Å². The van der Waals surface area contributed by atoms with Gasteiger partial charge in [0.05, 0.1) is 12.7 Å². The van der Waals surface area contributed by atoms with E-state index in [0.717, 1.165) is 23.7 Å². The van der Waals surface area contributed by atoms with E-state index in [4.69, 9.17) is 5.73 Å². The maximum absolute atomic E-state index is 5.49. The molecule has 0 spiro atoms. The van der Waals surface area contributed by atoms with Crippen LogP contribution >= 0.6 is 0 Å². The molecule has 0 amide bonds. The summed E-state index contributed by atoms with van der Waals surface area (Å²) in [5, 5.41) is 8.24. The third-order valence-corrected chi connectivity index (χ3v) is 3.13. The van der Waals surface area contributed by atoms with Gasteiger partial charge in [-0.25, -0.2) is 0 Å². The van der Waals surface area contributed by atoms with Crippen molar-refractivity contribution in [3.05, 3.63) is 36.0 Å². The van der Waals surface area contributed by atoms with E-state index in [1.165, 1.54) is 18.4 Å². The van der Waals surface area contributed by atoms with E-state index in [9.17, 15) is 0 Å². The third-order valence-electron chi connectivity index (χ3n) is 3.13. The average Bonchev–Trinajstić information content (AvgIpc) is 3.11. The summed E-state index contributed by atoms with van der Waals surface area (Å²) in [6.07, 6.45) is 4.60. The summed E-state index contributed by atoms with van der Waals surface area (Å²) >= 11 is 0. The number of aromatic nitrogens is 3. The smallest absolute Gasteiger partial charge is 0.113 e. The van der Waals surface area contributed by atoms with Crippen LogP contribution < -0.4 is 5.73 Å². The van der Waals surface area contributed by atoms with E-state index in [1.807, 2.05) is 6.20 Å². The van der Waals surface area contributed by atoms with Crippen molar-refractivity contribution in [2.75, 3.05) is 6.54 Å². The second kappa shape index (κ2) is 4.30. The number of rotatable bonds is 4. The molecule has 1 aliphatic carbocycles. The minimum atomic E-state index is 0.588. The molecule has 0 bridgehead atoms. The highest BCUT2D eigenvalue weighted by Gasteiger charge is 2.23. The molecule has 17 heavy (non-hydrogen) atoms. The molecule has 2 N–H and O–H groups in total. The molecule has 1 aromatic heterocycles. The van der Waals surface area contributed by atoms with Crippen LogP contribution in [-0.2, 0) is 6.54 Å². The fourth-order valence-electron chi connectivity index (χ4n) is 2.04. The minimum Gasteiger partial charge on any atom is -0.329 e. The first-order chi connectivity index (χ1) is 8.36. The van der Waals surface area contributed by atoms with Crippen molar-refractivity contribution in [3.8, 4) is 11.3 Å². The number of nitrogens with zero attached hydrogens (tertiary/aromatic N) is 3. The van der Waals surface area contributed by atoms with Crippen LogP contribution in [0, 0.1) is 0 Å². The van der Waals surface area contributed by atoms with Crippen LogP contribution in [0.3, 0.4) is 0 Å². The summed E-state index contributed by atoms with van der Waals surface area (Å²) in [6.45, 7) is 1.31. The molecule has 0 unspecified atom stereocenters. The van der Waals surface area contributed by atoms with Crippen molar-refractivity contribution < 1.29 is 0 Å². The molecule has 1 saturated carbocycles. The third kappa shape index (κ3) is 2.22. The lowest BCUT2D eigenvalue weighted by molar-refractivity contribution is 0.598. The summed E-state index contributed by atoms with van der Waals surface area (Å²) in [4.78, 5) is 0. The molecule has 0 saturated heterocycles. The van der Waals surface area contributed by atoms with Gasteiger partial charge in [0.1, 0.15) is 5.69 Å². The van der Waals surface area contributed by atoms with E-state index in [0.29, 0.717) is 6.54 Å². The summed E-state index contributed by atoms with van der Waals surface area (Å²) in [5.41, 5.74) is 9.00. The van der Waals surface area contributed by atoms with E-state index < -0.39 is 0 Å². The first-order valence-electron chi connectivity index (χ1n) is 6.07. The Morgan fingerprint density at radius 3 is 3.00 bits per heavy atom. The quantitative estimate of drug-likeness (QED) is 0.867. The molecular weight excluding hydrogens is 212 g/mol. The summed E-state index contributed by atoms with van der Waals surface area (Å²) in [7, 11) is 0. The van der Waals surface area contributed by atoms with Gasteiger partial charge in [0, 0.05) is 12.1 Å².